The van der Waals surface area contributed by atoms with Crippen LogP contribution in [0.5, 0.6) is 17.4 Å². The van der Waals surface area contributed by atoms with Crippen LogP contribution in [0.1, 0.15) is 39.5 Å². The third-order valence-corrected chi connectivity index (χ3v) is 5.99. The fraction of sp³-hybridized carbons (Fsp3) is 0.250. The van der Waals surface area contributed by atoms with E-state index in [-0.39, 0.29) is 34.5 Å². The van der Waals surface area contributed by atoms with Gasteiger partial charge >= 0.3 is 11.0 Å². The minimum Gasteiger partial charge on any atom is -0.494 e. The summed E-state index contributed by atoms with van der Waals surface area (Å²) in [6, 6.07) is 8.65. The van der Waals surface area contributed by atoms with Crippen molar-refractivity contribution in [3.8, 4) is 17.4 Å². The van der Waals surface area contributed by atoms with E-state index in [9.17, 15) is 23.1 Å². The number of hydrogen-bond donors (Lipinski definition) is 3. The van der Waals surface area contributed by atoms with Gasteiger partial charge in [0.1, 0.15) is 11.5 Å². The molecule has 0 bridgehead atoms. The zero-order valence-electron chi connectivity index (χ0n) is 15.0. The molecule has 0 spiro atoms. The standard InChI is InChI=1S/C20H17F3N2O3S/c21-20(22,23)12-2-6-16(11(7-12)9-24)28-13-3-5-14-10(8-13)1-4-15(14)17-18(26)25-19(27)29-17/h2-3,5-8,15,26H,1,4,9,24H2,(H,25,27)/t15-/m1/s1. The quantitative estimate of drug-likeness (QED) is 0.578. The summed E-state index contributed by atoms with van der Waals surface area (Å²) in [5, 5.41) is 9.94. The molecule has 0 saturated carbocycles. The molecular formula is C20H17F3N2O3S. The summed E-state index contributed by atoms with van der Waals surface area (Å²) in [6.07, 6.45) is -2.96. The molecule has 0 fully saturated rings. The van der Waals surface area contributed by atoms with Gasteiger partial charge in [0.25, 0.3) is 0 Å². The first-order valence-corrected chi connectivity index (χ1v) is 9.70. The molecule has 2 aromatic carbocycles. The Morgan fingerprint density at radius 1 is 1.24 bits per heavy atom. The molecule has 4 N–H and O–H groups in total. The van der Waals surface area contributed by atoms with Crippen molar-refractivity contribution >= 4 is 11.3 Å². The third kappa shape index (κ3) is 3.75. The molecule has 29 heavy (non-hydrogen) atoms. The van der Waals surface area contributed by atoms with E-state index in [0.717, 1.165) is 47.4 Å². The largest absolute Gasteiger partial charge is 0.494 e. The number of ether oxygens (including phenoxy) is 1. The molecule has 0 aliphatic heterocycles. The summed E-state index contributed by atoms with van der Waals surface area (Å²) in [7, 11) is 0. The molecule has 1 aromatic heterocycles. The maximum absolute atomic E-state index is 12.9. The van der Waals surface area contributed by atoms with Gasteiger partial charge in [-0.3, -0.25) is 9.78 Å². The highest BCUT2D eigenvalue weighted by Crippen LogP contribution is 2.43. The van der Waals surface area contributed by atoms with Gasteiger partial charge in [-0.25, -0.2) is 0 Å². The number of alkyl halides is 3. The molecule has 0 unspecified atom stereocenters. The number of fused-ring (bicyclic) bond motifs is 1. The maximum atomic E-state index is 12.9. The van der Waals surface area contributed by atoms with Crippen molar-refractivity contribution in [1.29, 1.82) is 0 Å². The summed E-state index contributed by atoms with van der Waals surface area (Å²) >= 11 is 0.992. The number of nitrogens with one attached hydrogen (secondary N) is 1. The van der Waals surface area contributed by atoms with E-state index in [4.69, 9.17) is 10.5 Å². The van der Waals surface area contributed by atoms with Crippen LogP contribution in [-0.2, 0) is 19.1 Å². The Morgan fingerprint density at radius 3 is 2.69 bits per heavy atom. The molecule has 152 valence electrons. The lowest BCUT2D eigenvalue weighted by atomic mass is 10.00. The molecule has 0 amide bonds. The number of nitrogens with two attached hydrogens (primary N) is 1. The first-order chi connectivity index (χ1) is 13.8. The second-order valence-electron chi connectivity index (χ2n) is 6.81. The smallest absolute Gasteiger partial charge is 0.416 e. The van der Waals surface area contributed by atoms with Crippen molar-refractivity contribution in [3.05, 3.63) is 73.2 Å². The number of hydrogen-bond acceptors (Lipinski definition) is 5. The minimum atomic E-state index is -4.44. The van der Waals surface area contributed by atoms with Gasteiger partial charge in [-0.05, 0) is 54.3 Å². The molecule has 1 atom stereocenters. The first-order valence-electron chi connectivity index (χ1n) is 8.89. The molecule has 3 aromatic rings. The summed E-state index contributed by atoms with van der Waals surface area (Å²) in [6.45, 7) is -0.0854. The number of aromatic nitrogens is 1. The second-order valence-corrected chi connectivity index (χ2v) is 7.82. The molecule has 5 nitrogen and oxygen atoms in total. The summed E-state index contributed by atoms with van der Waals surface area (Å²) in [4.78, 5) is 14.2. The number of benzene rings is 2. The van der Waals surface area contributed by atoms with Gasteiger partial charge in [-0.2, -0.15) is 13.2 Å². The normalized spacial score (nSPS) is 16.1. The number of aromatic amines is 1. The lowest BCUT2D eigenvalue weighted by Gasteiger charge is -2.15. The van der Waals surface area contributed by atoms with Gasteiger partial charge in [-0.15, -0.1) is 0 Å². The summed E-state index contributed by atoms with van der Waals surface area (Å²) in [5.74, 6) is 0.589. The zero-order chi connectivity index (χ0) is 20.8. The maximum Gasteiger partial charge on any atom is 0.416 e. The highest BCUT2D eigenvalue weighted by atomic mass is 32.1. The fourth-order valence-electron chi connectivity index (χ4n) is 3.64. The minimum absolute atomic E-state index is 0.0753. The summed E-state index contributed by atoms with van der Waals surface area (Å²) < 4.78 is 44.5. The SMILES string of the molecule is NCc1cc(C(F)(F)F)ccc1Oc1ccc2c(c1)CC[C@H]2c1sc(=O)[nH]c1O. The van der Waals surface area contributed by atoms with Gasteiger partial charge in [0.2, 0.25) is 5.88 Å². The van der Waals surface area contributed by atoms with Crippen LogP contribution in [0.2, 0.25) is 0 Å². The Kier molecular flexibility index (Phi) is 4.87. The number of aromatic hydroxyl groups is 1. The van der Waals surface area contributed by atoms with Gasteiger partial charge in [0, 0.05) is 18.0 Å². The van der Waals surface area contributed by atoms with Crippen LogP contribution in [0.15, 0.2) is 41.2 Å². The predicted molar refractivity (Wildman–Crippen MR) is 103 cm³/mol. The third-order valence-electron chi connectivity index (χ3n) is 5.00. The Bertz CT molecular complexity index is 1120. The van der Waals surface area contributed by atoms with Crippen LogP contribution in [0.25, 0.3) is 0 Å². The summed E-state index contributed by atoms with van der Waals surface area (Å²) in [5.41, 5.74) is 7.10. The Balaban J connectivity index is 1.61. The molecule has 0 saturated heterocycles. The van der Waals surface area contributed by atoms with E-state index in [0.29, 0.717) is 10.6 Å². The van der Waals surface area contributed by atoms with Gasteiger partial charge in [-0.1, -0.05) is 17.4 Å². The van der Waals surface area contributed by atoms with E-state index >= 15 is 0 Å². The average molecular weight is 422 g/mol. The van der Waals surface area contributed by atoms with Crippen molar-refractivity contribution < 1.29 is 23.0 Å². The first kappa shape index (κ1) is 19.5. The van der Waals surface area contributed by atoms with Crippen LogP contribution in [0.3, 0.4) is 0 Å². The van der Waals surface area contributed by atoms with Gasteiger partial charge < -0.3 is 15.6 Å². The number of halogens is 3. The molecule has 1 heterocycles. The topological polar surface area (TPSA) is 88.3 Å². The molecule has 1 aliphatic rings. The molecule has 1 aliphatic carbocycles. The van der Waals surface area contributed by atoms with Crippen molar-refractivity contribution in [1.82, 2.24) is 4.98 Å². The fourth-order valence-corrected chi connectivity index (χ4v) is 4.52. The Labute approximate surface area is 167 Å². The van der Waals surface area contributed by atoms with E-state index < -0.39 is 11.7 Å². The van der Waals surface area contributed by atoms with Crippen molar-refractivity contribution in [2.75, 3.05) is 0 Å². The van der Waals surface area contributed by atoms with Gasteiger partial charge in [0.15, 0.2) is 0 Å². The van der Waals surface area contributed by atoms with E-state index in [1.165, 1.54) is 6.07 Å². The lowest BCUT2D eigenvalue weighted by Crippen LogP contribution is -2.08. The van der Waals surface area contributed by atoms with Crippen LogP contribution in [0, 0.1) is 0 Å². The molecule has 9 heteroatoms. The molecular weight excluding hydrogens is 405 g/mol. The Morgan fingerprint density at radius 2 is 2.03 bits per heavy atom. The van der Waals surface area contributed by atoms with E-state index in [1.807, 2.05) is 12.1 Å². The second kappa shape index (κ2) is 7.23. The number of aryl methyl sites for hydroxylation is 1. The number of H-pyrrole nitrogens is 1. The van der Waals surface area contributed by atoms with Crippen molar-refractivity contribution in [2.45, 2.75) is 31.5 Å². The van der Waals surface area contributed by atoms with Crippen LogP contribution < -0.4 is 15.3 Å². The van der Waals surface area contributed by atoms with E-state index in [1.54, 1.807) is 6.07 Å². The highest BCUT2D eigenvalue weighted by molar-refractivity contribution is 7.09. The van der Waals surface area contributed by atoms with Crippen molar-refractivity contribution in [2.24, 2.45) is 5.73 Å². The lowest BCUT2D eigenvalue weighted by molar-refractivity contribution is -0.137. The Hall–Kier alpha value is -2.78. The van der Waals surface area contributed by atoms with Gasteiger partial charge in [0.05, 0.1) is 10.4 Å². The molecule has 4 rings (SSSR count). The molecule has 0 radical (unpaired) electrons. The average Bonchev–Trinajstić information content (AvgIpc) is 3.22. The number of thiazole rings is 1. The number of rotatable bonds is 4. The van der Waals surface area contributed by atoms with Crippen LogP contribution in [-0.4, -0.2) is 10.1 Å². The van der Waals surface area contributed by atoms with Crippen molar-refractivity contribution in [3.63, 3.8) is 0 Å². The van der Waals surface area contributed by atoms with Crippen LogP contribution in [0.4, 0.5) is 13.2 Å². The highest BCUT2D eigenvalue weighted by Gasteiger charge is 2.31. The zero-order valence-corrected chi connectivity index (χ0v) is 15.9. The van der Waals surface area contributed by atoms with E-state index in [2.05, 4.69) is 4.98 Å². The monoisotopic (exact) mass is 422 g/mol. The predicted octanol–water partition coefficient (Wildman–Crippen LogP) is 4.49. The van der Waals surface area contributed by atoms with Crippen LogP contribution >= 0.6 is 11.3 Å².